The summed E-state index contributed by atoms with van der Waals surface area (Å²) in [6, 6.07) is 7.71. The molecule has 126 valence electrons. The number of thiophene rings is 1. The number of hydrogen-bond donors (Lipinski definition) is 1. The summed E-state index contributed by atoms with van der Waals surface area (Å²) in [4.78, 5) is 13.6. The quantitative estimate of drug-likeness (QED) is 0.754. The van der Waals surface area contributed by atoms with E-state index in [1.807, 2.05) is 50.5 Å². The minimum absolute atomic E-state index is 0.112. The van der Waals surface area contributed by atoms with Crippen LogP contribution in [0.3, 0.4) is 0 Å². The molecule has 0 fully saturated rings. The molecule has 0 unspecified atom stereocenters. The van der Waals surface area contributed by atoms with Gasteiger partial charge in [-0.25, -0.2) is 0 Å². The van der Waals surface area contributed by atoms with Gasteiger partial charge in [0, 0.05) is 28.8 Å². The van der Waals surface area contributed by atoms with Gasteiger partial charge in [-0.3, -0.25) is 9.48 Å². The first-order valence-electron chi connectivity index (χ1n) is 8.00. The Bertz CT molecular complexity index is 880. The standard InChI is InChI=1S/C18H21N3O2S/c1-5-14-8-12(10-24-14)18(22)19-17-15-7-6-13(23-11(2)3)9-16(15)21(4)20-17/h6-11H,5H2,1-4H3,(H,19,20,22). The van der Waals surface area contributed by atoms with Crippen molar-refractivity contribution in [2.75, 3.05) is 5.32 Å². The maximum absolute atomic E-state index is 12.4. The van der Waals surface area contributed by atoms with Crippen molar-refractivity contribution in [1.82, 2.24) is 9.78 Å². The molecule has 0 bridgehead atoms. The lowest BCUT2D eigenvalue weighted by molar-refractivity contribution is 0.102. The molecule has 0 aliphatic carbocycles. The molecule has 0 spiro atoms. The van der Waals surface area contributed by atoms with Crippen LogP contribution in [0, 0.1) is 0 Å². The molecule has 0 saturated heterocycles. The summed E-state index contributed by atoms with van der Waals surface area (Å²) in [6.07, 6.45) is 1.05. The fraction of sp³-hybridized carbons (Fsp3) is 0.333. The van der Waals surface area contributed by atoms with Gasteiger partial charge in [0.1, 0.15) is 5.75 Å². The Kier molecular flexibility index (Phi) is 4.57. The molecule has 0 aliphatic heterocycles. The third-order valence-corrected chi connectivity index (χ3v) is 4.77. The highest BCUT2D eigenvalue weighted by molar-refractivity contribution is 7.10. The molecule has 0 aliphatic rings. The van der Waals surface area contributed by atoms with Crippen LogP contribution >= 0.6 is 11.3 Å². The summed E-state index contributed by atoms with van der Waals surface area (Å²) in [6.45, 7) is 6.06. The summed E-state index contributed by atoms with van der Waals surface area (Å²) in [5.41, 5.74) is 1.60. The molecule has 3 rings (SSSR count). The SMILES string of the molecule is CCc1cc(C(=O)Nc2nn(C)c3cc(OC(C)C)ccc23)cs1. The van der Waals surface area contributed by atoms with Gasteiger partial charge in [0.05, 0.1) is 17.2 Å². The highest BCUT2D eigenvalue weighted by Gasteiger charge is 2.15. The normalized spacial score (nSPS) is 11.2. The lowest BCUT2D eigenvalue weighted by Gasteiger charge is -2.09. The number of amides is 1. The molecular formula is C18H21N3O2S. The lowest BCUT2D eigenvalue weighted by Crippen LogP contribution is -2.11. The van der Waals surface area contributed by atoms with Gasteiger partial charge < -0.3 is 10.1 Å². The summed E-state index contributed by atoms with van der Waals surface area (Å²) < 4.78 is 7.48. The molecule has 3 aromatic rings. The van der Waals surface area contributed by atoms with Gasteiger partial charge in [0.2, 0.25) is 0 Å². The monoisotopic (exact) mass is 343 g/mol. The predicted molar refractivity (Wildman–Crippen MR) is 98.1 cm³/mol. The number of benzene rings is 1. The second kappa shape index (κ2) is 6.65. The Morgan fingerprint density at radius 3 is 2.83 bits per heavy atom. The minimum atomic E-state index is -0.131. The predicted octanol–water partition coefficient (Wildman–Crippen LogP) is 4.24. The number of carbonyl (C=O) groups excluding carboxylic acids is 1. The minimum Gasteiger partial charge on any atom is -0.491 e. The van der Waals surface area contributed by atoms with Crippen LogP contribution in [0.5, 0.6) is 5.75 Å². The van der Waals surface area contributed by atoms with Crippen LogP contribution in [0.15, 0.2) is 29.6 Å². The highest BCUT2D eigenvalue weighted by atomic mass is 32.1. The zero-order chi connectivity index (χ0) is 17.3. The van der Waals surface area contributed by atoms with E-state index in [1.54, 1.807) is 16.0 Å². The molecule has 0 atom stereocenters. The number of rotatable bonds is 5. The second-order valence-electron chi connectivity index (χ2n) is 5.93. The Labute approximate surface area is 145 Å². The van der Waals surface area contributed by atoms with Gasteiger partial charge in [-0.2, -0.15) is 5.10 Å². The van der Waals surface area contributed by atoms with Crippen LogP contribution in [-0.2, 0) is 13.5 Å². The van der Waals surface area contributed by atoms with Crippen molar-refractivity contribution in [2.24, 2.45) is 7.05 Å². The Morgan fingerprint density at radius 1 is 1.38 bits per heavy atom. The summed E-state index contributed by atoms with van der Waals surface area (Å²) in [5.74, 6) is 1.23. The van der Waals surface area contributed by atoms with Crippen molar-refractivity contribution >= 4 is 34.0 Å². The summed E-state index contributed by atoms with van der Waals surface area (Å²) in [5, 5.41) is 10.1. The van der Waals surface area contributed by atoms with Crippen molar-refractivity contribution in [3.05, 3.63) is 40.1 Å². The summed E-state index contributed by atoms with van der Waals surface area (Å²) in [7, 11) is 1.86. The van der Waals surface area contributed by atoms with Gasteiger partial charge in [0.15, 0.2) is 5.82 Å². The van der Waals surface area contributed by atoms with Crippen molar-refractivity contribution < 1.29 is 9.53 Å². The smallest absolute Gasteiger partial charge is 0.257 e. The molecule has 24 heavy (non-hydrogen) atoms. The Hall–Kier alpha value is -2.34. The van der Waals surface area contributed by atoms with E-state index in [0.29, 0.717) is 11.4 Å². The van der Waals surface area contributed by atoms with Crippen molar-refractivity contribution in [1.29, 1.82) is 0 Å². The summed E-state index contributed by atoms with van der Waals surface area (Å²) >= 11 is 1.60. The van der Waals surface area contributed by atoms with E-state index < -0.39 is 0 Å². The van der Waals surface area contributed by atoms with E-state index in [9.17, 15) is 4.79 Å². The van der Waals surface area contributed by atoms with Gasteiger partial charge in [-0.1, -0.05) is 6.92 Å². The molecule has 0 saturated carbocycles. The number of ether oxygens (including phenoxy) is 1. The Morgan fingerprint density at radius 2 is 2.17 bits per heavy atom. The number of nitrogens with zero attached hydrogens (tertiary/aromatic N) is 2. The molecule has 1 aromatic carbocycles. The van der Waals surface area contributed by atoms with Crippen LogP contribution in [0.2, 0.25) is 0 Å². The lowest BCUT2D eigenvalue weighted by atomic mass is 10.2. The van der Waals surface area contributed by atoms with E-state index in [1.165, 1.54) is 4.88 Å². The van der Waals surface area contributed by atoms with E-state index in [2.05, 4.69) is 17.3 Å². The molecule has 5 nitrogen and oxygen atoms in total. The van der Waals surface area contributed by atoms with Gasteiger partial charge in [-0.15, -0.1) is 11.3 Å². The molecule has 2 aromatic heterocycles. The van der Waals surface area contributed by atoms with E-state index in [0.717, 1.165) is 23.1 Å². The maximum Gasteiger partial charge on any atom is 0.257 e. The molecule has 0 radical (unpaired) electrons. The number of carbonyl (C=O) groups is 1. The number of aromatic nitrogens is 2. The fourth-order valence-electron chi connectivity index (χ4n) is 2.54. The number of fused-ring (bicyclic) bond motifs is 1. The average molecular weight is 343 g/mol. The van der Waals surface area contributed by atoms with Crippen LogP contribution in [0.4, 0.5) is 5.82 Å². The maximum atomic E-state index is 12.4. The van der Waals surface area contributed by atoms with E-state index >= 15 is 0 Å². The third-order valence-electron chi connectivity index (χ3n) is 3.69. The number of anilines is 1. The second-order valence-corrected chi connectivity index (χ2v) is 6.92. The zero-order valence-electron chi connectivity index (χ0n) is 14.3. The van der Waals surface area contributed by atoms with Crippen molar-refractivity contribution in [3.63, 3.8) is 0 Å². The molecule has 2 heterocycles. The van der Waals surface area contributed by atoms with Crippen molar-refractivity contribution in [2.45, 2.75) is 33.3 Å². The van der Waals surface area contributed by atoms with Gasteiger partial charge >= 0.3 is 0 Å². The number of aryl methyl sites for hydroxylation is 2. The van der Waals surface area contributed by atoms with E-state index in [-0.39, 0.29) is 12.0 Å². The number of hydrogen-bond acceptors (Lipinski definition) is 4. The largest absolute Gasteiger partial charge is 0.491 e. The molecule has 1 N–H and O–H groups in total. The first kappa shape index (κ1) is 16.5. The molecule has 6 heteroatoms. The van der Waals surface area contributed by atoms with Crippen LogP contribution < -0.4 is 10.1 Å². The van der Waals surface area contributed by atoms with Crippen molar-refractivity contribution in [3.8, 4) is 5.75 Å². The molecular weight excluding hydrogens is 322 g/mol. The highest BCUT2D eigenvalue weighted by Crippen LogP contribution is 2.27. The zero-order valence-corrected chi connectivity index (χ0v) is 15.1. The molecule has 1 amide bonds. The van der Waals surface area contributed by atoms with Gasteiger partial charge in [0.25, 0.3) is 5.91 Å². The Balaban J connectivity index is 1.88. The third kappa shape index (κ3) is 3.28. The first-order chi connectivity index (χ1) is 11.5. The average Bonchev–Trinajstić information content (AvgIpc) is 3.12. The fourth-order valence-corrected chi connectivity index (χ4v) is 3.35. The number of nitrogens with one attached hydrogen (secondary N) is 1. The van der Waals surface area contributed by atoms with E-state index in [4.69, 9.17) is 4.74 Å². The van der Waals surface area contributed by atoms with Gasteiger partial charge in [-0.05, 0) is 38.5 Å². The van der Waals surface area contributed by atoms with Crippen LogP contribution in [0.1, 0.15) is 36.0 Å². The topological polar surface area (TPSA) is 56.2 Å². The first-order valence-corrected chi connectivity index (χ1v) is 8.88. The van der Waals surface area contributed by atoms with Crippen LogP contribution in [-0.4, -0.2) is 21.8 Å². The van der Waals surface area contributed by atoms with Crippen LogP contribution in [0.25, 0.3) is 10.9 Å².